The van der Waals surface area contributed by atoms with E-state index in [1.54, 1.807) is 0 Å². The van der Waals surface area contributed by atoms with Crippen LogP contribution < -0.4 is 5.32 Å². The highest BCUT2D eigenvalue weighted by Gasteiger charge is 2.36. The Morgan fingerprint density at radius 1 is 1.24 bits per heavy atom. The topological polar surface area (TPSA) is 15.3 Å². The minimum absolute atomic E-state index is 0.304. The maximum absolute atomic E-state index is 3.76. The van der Waals surface area contributed by atoms with E-state index in [-0.39, 0.29) is 0 Å². The maximum Gasteiger partial charge on any atom is 0.0273 e. The van der Waals surface area contributed by atoms with Gasteiger partial charge >= 0.3 is 0 Å². The summed E-state index contributed by atoms with van der Waals surface area (Å²) in [6, 6.07) is 10.2. The van der Waals surface area contributed by atoms with Crippen molar-refractivity contribution in [3.05, 3.63) is 33.4 Å². The van der Waals surface area contributed by atoms with Crippen LogP contribution in [0.2, 0.25) is 0 Å². The molecule has 0 aliphatic carbocycles. The van der Waals surface area contributed by atoms with E-state index in [4.69, 9.17) is 0 Å². The Morgan fingerprint density at radius 2 is 1.86 bits per heavy atom. The predicted octanol–water partition coefficient (Wildman–Crippen LogP) is 4.14. The molecule has 1 N–H and O–H groups in total. The number of nitrogens with one attached hydrogen (secondary N) is 1. The molecule has 3 heteroatoms. The van der Waals surface area contributed by atoms with Crippen molar-refractivity contribution < 1.29 is 0 Å². The second-order valence-electron chi connectivity index (χ2n) is 7.70. The van der Waals surface area contributed by atoms with Crippen molar-refractivity contribution in [2.45, 2.75) is 53.2 Å². The number of nitrogens with zero attached hydrogens (tertiary/aromatic N) is 1. The summed E-state index contributed by atoms with van der Waals surface area (Å²) in [5, 5.41) is 3.76. The Hall–Kier alpha value is -0.130. The van der Waals surface area contributed by atoms with E-state index < -0.39 is 0 Å². The maximum atomic E-state index is 3.76. The van der Waals surface area contributed by atoms with Gasteiger partial charge in [-0.15, -0.1) is 0 Å². The van der Waals surface area contributed by atoms with Crippen LogP contribution in [0, 0.1) is 14.9 Å². The van der Waals surface area contributed by atoms with E-state index in [2.05, 4.69) is 91.7 Å². The number of piperazine rings is 1. The Morgan fingerprint density at radius 3 is 2.38 bits per heavy atom. The van der Waals surface area contributed by atoms with Crippen molar-refractivity contribution >= 4 is 22.6 Å². The third-order valence-corrected chi connectivity index (χ3v) is 5.27. The largest absolute Gasteiger partial charge is 0.311 e. The molecule has 1 aliphatic rings. The summed E-state index contributed by atoms with van der Waals surface area (Å²) in [5.74, 6) is 0.685. The minimum atomic E-state index is 0.304. The van der Waals surface area contributed by atoms with Crippen LogP contribution in [0.4, 0.5) is 0 Å². The zero-order valence-corrected chi connectivity index (χ0v) is 16.1. The molecule has 1 saturated heterocycles. The highest BCUT2D eigenvalue weighted by Crippen LogP contribution is 2.29. The van der Waals surface area contributed by atoms with Crippen molar-refractivity contribution in [2.24, 2.45) is 11.3 Å². The highest BCUT2D eigenvalue weighted by atomic mass is 127. The van der Waals surface area contributed by atoms with E-state index >= 15 is 0 Å². The first-order valence-electron chi connectivity index (χ1n) is 7.99. The molecule has 2 unspecified atom stereocenters. The van der Waals surface area contributed by atoms with Crippen LogP contribution in [0.15, 0.2) is 24.3 Å². The average molecular weight is 400 g/mol. The van der Waals surface area contributed by atoms with Crippen LogP contribution in [0.1, 0.15) is 40.2 Å². The van der Waals surface area contributed by atoms with Crippen LogP contribution in [0.3, 0.4) is 0 Å². The summed E-state index contributed by atoms with van der Waals surface area (Å²) in [6.07, 6.45) is 0. The van der Waals surface area contributed by atoms with Crippen LogP contribution >= 0.6 is 22.6 Å². The fourth-order valence-electron chi connectivity index (χ4n) is 3.14. The van der Waals surface area contributed by atoms with Crippen LogP contribution in [0.25, 0.3) is 0 Å². The van der Waals surface area contributed by atoms with Crippen molar-refractivity contribution in [3.8, 4) is 0 Å². The lowest BCUT2D eigenvalue weighted by atomic mass is 9.82. The molecule has 0 aromatic heterocycles. The fraction of sp³-hybridized carbons (Fsp3) is 0.667. The Bertz CT molecular complexity index is 447. The Kier molecular flexibility index (Phi) is 5.71. The van der Waals surface area contributed by atoms with E-state index in [0.29, 0.717) is 23.4 Å². The molecule has 1 aliphatic heterocycles. The normalized spacial score (nSPS) is 24.5. The van der Waals surface area contributed by atoms with E-state index in [0.717, 1.165) is 19.6 Å². The Balaban J connectivity index is 2.14. The van der Waals surface area contributed by atoms with Gasteiger partial charge in [-0.2, -0.15) is 0 Å². The summed E-state index contributed by atoms with van der Waals surface area (Å²) in [5.41, 5.74) is 1.73. The molecule has 0 radical (unpaired) electrons. The van der Waals surface area contributed by atoms with Crippen molar-refractivity contribution in [1.29, 1.82) is 0 Å². The summed E-state index contributed by atoms with van der Waals surface area (Å²) in [4.78, 5) is 2.68. The number of hydrogen-bond acceptors (Lipinski definition) is 2. The monoisotopic (exact) mass is 400 g/mol. The van der Waals surface area contributed by atoms with Gasteiger partial charge < -0.3 is 5.32 Å². The van der Waals surface area contributed by atoms with Gasteiger partial charge in [-0.3, -0.25) is 4.90 Å². The van der Waals surface area contributed by atoms with Gasteiger partial charge in [0.2, 0.25) is 0 Å². The number of rotatable bonds is 3. The molecule has 118 valence electrons. The molecule has 0 amide bonds. The number of hydrogen-bond donors (Lipinski definition) is 1. The van der Waals surface area contributed by atoms with Gasteiger partial charge in [0.15, 0.2) is 0 Å². The standard InChI is InChI=1S/C18H29IN2/c1-13(2)16-12-21(17(10-20-16)18(3,4)5)11-14-6-8-15(19)9-7-14/h6-9,13,16-17,20H,10-12H2,1-5H3. The number of benzene rings is 1. The molecule has 2 nitrogen and oxygen atoms in total. The smallest absolute Gasteiger partial charge is 0.0273 e. The first kappa shape index (κ1) is 17.2. The molecule has 0 bridgehead atoms. The van der Waals surface area contributed by atoms with Crippen LogP contribution in [-0.4, -0.2) is 30.1 Å². The summed E-state index contributed by atoms with van der Waals surface area (Å²) in [6.45, 7) is 15.0. The minimum Gasteiger partial charge on any atom is -0.311 e. The second-order valence-corrected chi connectivity index (χ2v) is 8.94. The van der Waals surface area contributed by atoms with Gasteiger partial charge in [-0.05, 0) is 51.6 Å². The molecule has 0 saturated carbocycles. The van der Waals surface area contributed by atoms with Gasteiger partial charge in [0.1, 0.15) is 0 Å². The van der Waals surface area contributed by atoms with Gasteiger partial charge in [-0.1, -0.05) is 46.8 Å². The first-order chi connectivity index (χ1) is 9.77. The molecule has 1 heterocycles. The predicted molar refractivity (Wildman–Crippen MR) is 99.4 cm³/mol. The van der Waals surface area contributed by atoms with Gasteiger partial charge in [-0.25, -0.2) is 0 Å². The molecular formula is C18H29IN2. The highest BCUT2D eigenvalue weighted by molar-refractivity contribution is 14.1. The quantitative estimate of drug-likeness (QED) is 0.768. The number of halogens is 1. The van der Waals surface area contributed by atoms with Crippen molar-refractivity contribution in [2.75, 3.05) is 13.1 Å². The molecule has 1 fully saturated rings. The van der Waals surface area contributed by atoms with Crippen LogP contribution in [-0.2, 0) is 6.54 Å². The van der Waals surface area contributed by atoms with Crippen molar-refractivity contribution in [1.82, 2.24) is 10.2 Å². The third kappa shape index (κ3) is 4.67. The zero-order valence-electron chi connectivity index (χ0n) is 14.0. The van der Waals surface area contributed by atoms with E-state index in [9.17, 15) is 0 Å². The molecular weight excluding hydrogens is 371 g/mol. The second kappa shape index (κ2) is 6.97. The lowest BCUT2D eigenvalue weighted by Gasteiger charge is -2.47. The SMILES string of the molecule is CC(C)C1CN(Cc2ccc(I)cc2)C(C(C)(C)C)CN1. The molecule has 1 aromatic rings. The van der Waals surface area contributed by atoms with Gasteiger partial charge in [0, 0.05) is 35.3 Å². The Labute approximate surface area is 143 Å². The van der Waals surface area contributed by atoms with E-state index in [1.165, 1.54) is 9.13 Å². The first-order valence-corrected chi connectivity index (χ1v) is 9.07. The summed E-state index contributed by atoms with van der Waals surface area (Å²) >= 11 is 2.37. The summed E-state index contributed by atoms with van der Waals surface area (Å²) in [7, 11) is 0. The molecule has 1 aromatic carbocycles. The van der Waals surface area contributed by atoms with E-state index in [1.807, 2.05) is 0 Å². The third-order valence-electron chi connectivity index (χ3n) is 4.55. The lowest BCUT2D eigenvalue weighted by Crippen LogP contribution is -2.61. The fourth-order valence-corrected chi connectivity index (χ4v) is 3.50. The summed E-state index contributed by atoms with van der Waals surface area (Å²) < 4.78 is 1.31. The van der Waals surface area contributed by atoms with Crippen molar-refractivity contribution in [3.63, 3.8) is 0 Å². The molecule has 2 rings (SSSR count). The van der Waals surface area contributed by atoms with Gasteiger partial charge in [0.25, 0.3) is 0 Å². The molecule has 2 atom stereocenters. The zero-order chi connectivity index (χ0) is 15.6. The molecule has 21 heavy (non-hydrogen) atoms. The molecule has 0 spiro atoms. The lowest BCUT2D eigenvalue weighted by molar-refractivity contribution is 0.0400. The van der Waals surface area contributed by atoms with Gasteiger partial charge in [0.05, 0.1) is 0 Å². The van der Waals surface area contributed by atoms with Crippen LogP contribution in [0.5, 0.6) is 0 Å². The average Bonchev–Trinajstić information content (AvgIpc) is 2.40.